The zero-order valence-electron chi connectivity index (χ0n) is 11.1. The van der Waals surface area contributed by atoms with E-state index in [1.807, 2.05) is 20.8 Å². The van der Waals surface area contributed by atoms with Gasteiger partial charge < -0.3 is 9.64 Å². The van der Waals surface area contributed by atoms with Crippen molar-refractivity contribution >= 4 is 35.2 Å². The van der Waals surface area contributed by atoms with Gasteiger partial charge in [-0.05, 0) is 20.8 Å². The number of alkyl halides is 1. The number of ether oxygens (including phenoxy) is 1. The summed E-state index contributed by atoms with van der Waals surface area (Å²) in [4.78, 5) is 25.1. The van der Waals surface area contributed by atoms with Crippen LogP contribution in [0.15, 0.2) is 0 Å². The van der Waals surface area contributed by atoms with Gasteiger partial charge in [0.1, 0.15) is 11.4 Å². The van der Waals surface area contributed by atoms with E-state index < -0.39 is 5.60 Å². The summed E-state index contributed by atoms with van der Waals surface area (Å²) in [5.41, 5.74) is -0.511. The molecule has 4 nitrogen and oxygen atoms in total. The third-order valence-corrected chi connectivity index (χ3v) is 3.86. The molecule has 1 saturated heterocycles. The van der Waals surface area contributed by atoms with Crippen molar-refractivity contribution in [2.24, 2.45) is 0 Å². The Bertz CT molecular complexity index is 317. The van der Waals surface area contributed by atoms with E-state index in [0.29, 0.717) is 13.0 Å². The third-order valence-electron chi connectivity index (χ3n) is 2.47. The monoisotopic (exact) mass is 293 g/mol. The fourth-order valence-electron chi connectivity index (χ4n) is 1.70. The average molecular weight is 294 g/mol. The van der Waals surface area contributed by atoms with E-state index in [-0.39, 0.29) is 23.8 Å². The van der Waals surface area contributed by atoms with Crippen molar-refractivity contribution in [1.29, 1.82) is 0 Å². The number of hydrogen-bond donors (Lipinski definition) is 0. The van der Waals surface area contributed by atoms with E-state index in [1.165, 1.54) is 0 Å². The summed E-state index contributed by atoms with van der Waals surface area (Å²) in [6.07, 6.45) is -0.0226. The topological polar surface area (TPSA) is 46.6 Å². The van der Waals surface area contributed by atoms with E-state index in [4.69, 9.17) is 16.3 Å². The number of carbonyl (C=O) groups excluding carboxylic acids is 2. The van der Waals surface area contributed by atoms with Crippen LogP contribution in [0.3, 0.4) is 0 Å². The molecule has 1 unspecified atom stereocenters. The summed E-state index contributed by atoms with van der Waals surface area (Å²) in [6, 6.07) is -0.0927. The number of hydrogen-bond acceptors (Lipinski definition) is 4. The van der Waals surface area contributed by atoms with Crippen molar-refractivity contribution in [2.75, 3.05) is 23.9 Å². The van der Waals surface area contributed by atoms with Crippen LogP contribution in [0.1, 0.15) is 27.2 Å². The minimum absolute atomic E-state index is 0.00330. The van der Waals surface area contributed by atoms with Crippen LogP contribution in [0.2, 0.25) is 0 Å². The molecule has 0 aromatic heterocycles. The van der Waals surface area contributed by atoms with E-state index in [2.05, 4.69) is 0 Å². The molecule has 1 amide bonds. The van der Waals surface area contributed by atoms with Crippen LogP contribution in [-0.4, -0.2) is 52.3 Å². The molecule has 1 fully saturated rings. The van der Waals surface area contributed by atoms with Gasteiger partial charge in [0, 0.05) is 24.5 Å². The molecule has 0 aromatic carbocycles. The summed E-state index contributed by atoms with van der Waals surface area (Å²) in [7, 11) is 0. The third kappa shape index (κ3) is 5.06. The van der Waals surface area contributed by atoms with Crippen molar-refractivity contribution < 1.29 is 14.3 Å². The maximum Gasteiger partial charge on any atom is 0.410 e. The van der Waals surface area contributed by atoms with Gasteiger partial charge in [-0.3, -0.25) is 4.79 Å². The predicted octanol–water partition coefficient (Wildman–Crippen LogP) is 2.54. The summed E-state index contributed by atoms with van der Waals surface area (Å²) >= 11 is 7.26. The first-order valence-corrected chi connectivity index (χ1v) is 7.67. The average Bonchev–Trinajstić information content (AvgIpc) is 2.27. The van der Waals surface area contributed by atoms with Gasteiger partial charge in [0.15, 0.2) is 0 Å². The van der Waals surface area contributed by atoms with E-state index in [9.17, 15) is 9.59 Å². The number of amides is 1. The first-order valence-electron chi connectivity index (χ1n) is 5.98. The Morgan fingerprint density at radius 1 is 1.44 bits per heavy atom. The van der Waals surface area contributed by atoms with Crippen LogP contribution < -0.4 is 0 Å². The first-order chi connectivity index (χ1) is 8.33. The zero-order chi connectivity index (χ0) is 13.8. The Morgan fingerprint density at radius 3 is 2.67 bits per heavy atom. The molecule has 0 N–H and O–H groups in total. The van der Waals surface area contributed by atoms with Gasteiger partial charge >= 0.3 is 6.09 Å². The molecule has 0 bridgehead atoms. The Kier molecular flexibility index (Phi) is 5.79. The quantitative estimate of drug-likeness (QED) is 0.750. The smallest absolute Gasteiger partial charge is 0.410 e. The second-order valence-electron chi connectivity index (χ2n) is 5.28. The molecule has 6 heteroatoms. The van der Waals surface area contributed by atoms with Crippen molar-refractivity contribution in [3.05, 3.63) is 0 Å². The first kappa shape index (κ1) is 15.6. The van der Waals surface area contributed by atoms with Gasteiger partial charge in [0.25, 0.3) is 0 Å². The van der Waals surface area contributed by atoms with Crippen molar-refractivity contribution in [1.82, 2.24) is 4.90 Å². The van der Waals surface area contributed by atoms with Crippen LogP contribution in [0.4, 0.5) is 4.79 Å². The Hall–Kier alpha value is -0.420. The lowest BCUT2D eigenvalue weighted by Crippen LogP contribution is -2.49. The minimum Gasteiger partial charge on any atom is -0.444 e. The van der Waals surface area contributed by atoms with Crippen LogP contribution in [0.25, 0.3) is 0 Å². The van der Waals surface area contributed by atoms with Gasteiger partial charge in [-0.2, -0.15) is 11.8 Å². The zero-order valence-corrected chi connectivity index (χ0v) is 12.6. The van der Waals surface area contributed by atoms with Crippen LogP contribution in [-0.2, 0) is 9.53 Å². The highest BCUT2D eigenvalue weighted by atomic mass is 35.5. The Morgan fingerprint density at radius 2 is 2.11 bits per heavy atom. The van der Waals surface area contributed by atoms with E-state index in [1.54, 1.807) is 16.7 Å². The molecule has 1 atom stereocenters. The maximum absolute atomic E-state index is 12.0. The van der Waals surface area contributed by atoms with Crippen molar-refractivity contribution in [3.8, 4) is 0 Å². The fraction of sp³-hybridized carbons (Fsp3) is 0.833. The summed E-state index contributed by atoms with van der Waals surface area (Å²) in [5, 5.41) is 0. The lowest BCUT2D eigenvalue weighted by Gasteiger charge is -2.36. The molecule has 18 heavy (non-hydrogen) atoms. The molecule has 1 heterocycles. The Labute approximate surface area is 117 Å². The highest BCUT2D eigenvalue weighted by Crippen LogP contribution is 2.22. The van der Waals surface area contributed by atoms with Gasteiger partial charge in [-0.15, -0.1) is 11.6 Å². The summed E-state index contributed by atoms with van der Waals surface area (Å²) in [6.45, 7) is 6.13. The number of ketones is 1. The molecule has 104 valence electrons. The highest BCUT2D eigenvalue weighted by molar-refractivity contribution is 7.99. The van der Waals surface area contributed by atoms with Crippen LogP contribution in [0, 0.1) is 0 Å². The largest absolute Gasteiger partial charge is 0.444 e. The SMILES string of the molecule is CC(C)(C)OC(=O)N1CCSCC1CC(=O)CCl. The fourth-order valence-corrected chi connectivity index (χ4v) is 2.87. The van der Waals surface area contributed by atoms with Gasteiger partial charge in [0.05, 0.1) is 11.9 Å². The molecule has 1 aliphatic heterocycles. The van der Waals surface area contributed by atoms with E-state index in [0.717, 1.165) is 11.5 Å². The number of halogens is 1. The standard InChI is InChI=1S/C12H20ClNO3S/c1-12(2,3)17-11(16)14-4-5-18-8-9(14)6-10(15)7-13/h9H,4-8H2,1-3H3. The number of Topliss-reactive ketones (excluding diaryl/α,β-unsaturated/α-hetero) is 1. The predicted molar refractivity (Wildman–Crippen MR) is 74.4 cm³/mol. The maximum atomic E-state index is 12.0. The van der Waals surface area contributed by atoms with Crippen molar-refractivity contribution in [3.63, 3.8) is 0 Å². The molecule has 0 saturated carbocycles. The highest BCUT2D eigenvalue weighted by Gasteiger charge is 2.31. The lowest BCUT2D eigenvalue weighted by molar-refractivity contribution is -0.117. The summed E-state index contributed by atoms with van der Waals surface area (Å²) in [5.74, 6) is 1.62. The van der Waals surface area contributed by atoms with Crippen LogP contribution >= 0.6 is 23.4 Å². The molecule has 0 spiro atoms. The summed E-state index contributed by atoms with van der Waals surface area (Å²) < 4.78 is 5.36. The Balaban J connectivity index is 2.64. The molecule has 1 rings (SSSR count). The molecular weight excluding hydrogens is 274 g/mol. The normalized spacial score (nSPS) is 20.7. The van der Waals surface area contributed by atoms with E-state index >= 15 is 0 Å². The van der Waals surface area contributed by atoms with Gasteiger partial charge in [-0.25, -0.2) is 4.79 Å². The number of thioether (sulfide) groups is 1. The number of nitrogens with zero attached hydrogens (tertiary/aromatic N) is 1. The second-order valence-corrected chi connectivity index (χ2v) is 6.70. The second kappa shape index (κ2) is 6.66. The van der Waals surface area contributed by atoms with Gasteiger partial charge in [0.2, 0.25) is 0 Å². The lowest BCUT2D eigenvalue weighted by atomic mass is 10.1. The number of rotatable bonds is 3. The number of carbonyl (C=O) groups is 2. The van der Waals surface area contributed by atoms with Gasteiger partial charge in [-0.1, -0.05) is 0 Å². The van der Waals surface area contributed by atoms with Crippen molar-refractivity contribution in [2.45, 2.75) is 38.8 Å². The molecule has 0 radical (unpaired) electrons. The molecule has 0 aromatic rings. The molecule has 0 aliphatic carbocycles. The molecule has 1 aliphatic rings. The molecular formula is C12H20ClNO3S. The minimum atomic E-state index is -0.511. The van der Waals surface area contributed by atoms with Crippen LogP contribution in [0.5, 0.6) is 0 Å².